The van der Waals surface area contributed by atoms with Gasteiger partial charge in [-0.15, -0.1) is 5.10 Å². The van der Waals surface area contributed by atoms with E-state index in [4.69, 9.17) is 15.2 Å². The lowest BCUT2D eigenvalue weighted by molar-refractivity contribution is 0.0523. The van der Waals surface area contributed by atoms with Gasteiger partial charge in [-0.3, -0.25) is 0 Å². The fraction of sp³-hybridized carbons (Fsp3) is 0.192. The molecule has 2 amide bonds. The van der Waals surface area contributed by atoms with Crippen molar-refractivity contribution in [2.24, 2.45) is 0 Å². The second-order valence-corrected chi connectivity index (χ2v) is 8.89. The van der Waals surface area contributed by atoms with Crippen molar-refractivity contribution >= 4 is 40.2 Å². The molecule has 0 aliphatic heterocycles. The van der Waals surface area contributed by atoms with Crippen LogP contribution in [0.3, 0.4) is 0 Å². The molecule has 3 aromatic carbocycles. The summed E-state index contributed by atoms with van der Waals surface area (Å²) < 4.78 is 12.2. The number of anilines is 3. The number of nitrogens with zero attached hydrogens (tertiary/aromatic N) is 2. The normalized spacial score (nSPS) is 11.2. The monoisotopic (exact) mass is 473 g/mol. The van der Waals surface area contributed by atoms with Crippen LogP contribution in [0.1, 0.15) is 26.3 Å². The zero-order valence-electron chi connectivity index (χ0n) is 19.7. The Hall–Kier alpha value is -4.53. The van der Waals surface area contributed by atoms with Gasteiger partial charge in [-0.05, 0) is 68.8 Å². The smallest absolute Gasteiger partial charge is 0.435 e. The van der Waals surface area contributed by atoms with Gasteiger partial charge in [0, 0.05) is 16.8 Å². The summed E-state index contributed by atoms with van der Waals surface area (Å²) in [4.78, 5) is 24.9. The fourth-order valence-corrected chi connectivity index (χ4v) is 3.33. The predicted molar refractivity (Wildman–Crippen MR) is 136 cm³/mol. The highest BCUT2D eigenvalue weighted by molar-refractivity contribution is 6.03. The molecule has 0 spiro atoms. The van der Waals surface area contributed by atoms with Gasteiger partial charge in [-0.2, -0.15) is 4.68 Å². The van der Waals surface area contributed by atoms with Crippen LogP contribution < -0.4 is 21.1 Å². The summed E-state index contributed by atoms with van der Waals surface area (Å²) in [5.41, 5.74) is 7.98. The van der Waals surface area contributed by atoms with Gasteiger partial charge in [0.1, 0.15) is 18.0 Å². The lowest BCUT2D eigenvalue weighted by atomic mass is 10.2. The van der Waals surface area contributed by atoms with Crippen LogP contribution in [-0.4, -0.2) is 27.5 Å². The average molecular weight is 474 g/mol. The third-order valence-corrected chi connectivity index (χ3v) is 4.89. The number of aromatic nitrogens is 2. The van der Waals surface area contributed by atoms with E-state index in [1.54, 1.807) is 63.2 Å². The summed E-state index contributed by atoms with van der Waals surface area (Å²) in [5, 5.41) is 10.1. The van der Waals surface area contributed by atoms with E-state index in [-0.39, 0.29) is 5.82 Å². The highest BCUT2D eigenvalue weighted by Gasteiger charge is 2.21. The summed E-state index contributed by atoms with van der Waals surface area (Å²) in [5.74, 6) is 0.851. The van der Waals surface area contributed by atoms with E-state index in [0.29, 0.717) is 34.6 Å². The first-order valence-electron chi connectivity index (χ1n) is 11.0. The minimum atomic E-state index is -0.671. The van der Waals surface area contributed by atoms with Crippen molar-refractivity contribution in [3.63, 3.8) is 0 Å². The summed E-state index contributed by atoms with van der Waals surface area (Å²) in [7, 11) is 0. The number of rotatable bonds is 5. The molecular weight excluding hydrogens is 446 g/mol. The van der Waals surface area contributed by atoms with Crippen molar-refractivity contribution in [2.75, 3.05) is 16.4 Å². The van der Waals surface area contributed by atoms with Crippen molar-refractivity contribution in [1.29, 1.82) is 0 Å². The molecule has 9 nitrogen and oxygen atoms in total. The van der Waals surface area contributed by atoms with Gasteiger partial charge in [0.05, 0.1) is 5.52 Å². The Bertz CT molecular complexity index is 1340. The van der Waals surface area contributed by atoms with Crippen LogP contribution in [-0.2, 0) is 11.3 Å². The Labute approximate surface area is 202 Å². The van der Waals surface area contributed by atoms with Crippen LogP contribution in [0.5, 0.6) is 5.75 Å². The van der Waals surface area contributed by atoms with E-state index < -0.39 is 17.7 Å². The van der Waals surface area contributed by atoms with E-state index in [0.717, 1.165) is 10.2 Å². The second-order valence-electron chi connectivity index (χ2n) is 8.89. The summed E-state index contributed by atoms with van der Waals surface area (Å²) in [6.07, 6.45) is -0.631. The molecule has 0 bridgehead atoms. The zero-order chi connectivity index (χ0) is 25.0. The number of nitrogen functional groups attached to an aromatic ring is 1. The first-order chi connectivity index (χ1) is 16.7. The van der Waals surface area contributed by atoms with Crippen molar-refractivity contribution in [2.45, 2.75) is 33.0 Å². The molecule has 1 aromatic heterocycles. The van der Waals surface area contributed by atoms with E-state index in [1.807, 2.05) is 30.3 Å². The van der Waals surface area contributed by atoms with Crippen LogP contribution in [0.2, 0.25) is 0 Å². The third kappa shape index (κ3) is 6.08. The standard InChI is InChI=1S/C26H27N5O4/c1-26(2,3)35-25(33)31-22-14-11-19(15-21(22)23(27)30-31)29-24(32)28-18-9-12-20(13-10-18)34-16-17-7-5-4-6-8-17/h4-15H,16H2,1-3H3,(H2,27,30)(H2,28,29,32). The van der Waals surface area contributed by atoms with Gasteiger partial charge in [0.25, 0.3) is 0 Å². The van der Waals surface area contributed by atoms with E-state index >= 15 is 0 Å². The molecule has 1 heterocycles. The number of fused-ring (bicyclic) bond motifs is 1. The number of amides is 2. The van der Waals surface area contributed by atoms with Crippen LogP contribution in [0.25, 0.3) is 10.9 Å². The van der Waals surface area contributed by atoms with Crippen LogP contribution in [0, 0.1) is 0 Å². The Morgan fingerprint density at radius 2 is 1.60 bits per heavy atom. The van der Waals surface area contributed by atoms with Crippen LogP contribution in [0.15, 0.2) is 72.8 Å². The first kappa shape index (κ1) is 23.6. The molecule has 4 rings (SSSR count). The highest BCUT2D eigenvalue weighted by Crippen LogP contribution is 2.25. The summed E-state index contributed by atoms with van der Waals surface area (Å²) >= 11 is 0. The van der Waals surface area contributed by atoms with Gasteiger partial charge in [0.15, 0.2) is 5.82 Å². The van der Waals surface area contributed by atoms with Crippen molar-refractivity contribution in [3.05, 3.63) is 78.4 Å². The van der Waals surface area contributed by atoms with Gasteiger partial charge in [0.2, 0.25) is 0 Å². The largest absolute Gasteiger partial charge is 0.489 e. The molecular formula is C26H27N5O4. The predicted octanol–water partition coefficient (Wildman–Crippen LogP) is 5.62. The van der Waals surface area contributed by atoms with E-state index in [9.17, 15) is 9.59 Å². The average Bonchev–Trinajstić information content (AvgIpc) is 3.14. The molecule has 0 aliphatic carbocycles. The topological polar surface area (TPSA) is 121 Å². The molecule has 180 valence electrons. The lowest BCUT2D eigenvalue weighted by Gasteiger charge is -2.19. The number of benzene rings is 3. The van der Waals surface area contributed by atoms with Crippen molar-refractivity contribution in [1.82, 2.24) is 9.78 Å². The minimum absolute atomic E-state index is 0.154. The molecule has 4 aromatic rings. The SMILES string of the molecule is CC(C)(C)OC(=O)n1nc(N)c2cc(NC(=O)Nc3ccc(OCc4ccccc4)cc3)ccc21. The van der Waals surface area contributed by atoms with Gasteiger partial charge in [-0.25, -0.2) is 9.59 Å². The molecule has 0 aliphatic rings. The number of nitrogens with one attached hydrogen (secondary N) is 2. The number of carbonyl (C=O) groups is 2. The molecule has 9 heteroatoms. The number of carbonyl (C=O) groups excluding carboxylic acids is 2. The molecule has 0 unspecified atom stereocenters. The fourth-order valence-electron chi connectivity index (χ4n) is 3.33. The van der Waals surface area contributed by atoms with Gasteiger partial charge in [-0.1, -0.05) is 30.3 Å². The maximum absolute atomic E-state index is 12.5. The Morgan fingerprint density at radius 1 is 0.943 bits per heavy atom. The quantitative estimate of drug-likeness (QED) is 0.346. The molecule has 35 heavy (non-hydrogen) atoms. The summed E-state index contributed by atoms with van der Waals surface area (Å²) in [6.45, 7) is 5.77. The maximum atomic E-state index is 12.5. The number of nitrogens with two attached hydrogens (primary N) is 1. The first-order valence-corrected chi connectivity index (χ1v) is 11.0. The van der Waals surface area contributed by atoms with Crippen molar-refractivity contribution < 1.29 is 19.1 Å². The zero-order valence-corrected chi connectivity index (χ0v) is 19.7. The molecule has 0 fully saturated rings. The van der Waals surface area contributed by atoms with Gasteiger partial charge >= 0.3 is 12.1 Å². The van der Waals surface area contributed by atoms with Gasteiger partial charge < -0.3 is 25.8 Å². The van der Waals surface area contributed by atoms with E-state index in [1.165, 1.54) is 0 Å². The van der Waals surface area contributed by atoms with E-state index in [2.05, 4.69) is 15.7 Å². The van der Waals surface area contributed by atoms with Crippen LogP contribution >= 0.6 is 0 Å². The Kier molecular flexibility index (Phi) is 6.59. The summed E-state index contributed by atoms with van der Waals surface area (Å²) in [6, 6.07) is 21.5. The Morgan fingerprint density at radius 3 is 2.29 bits per heavy atom. The molecule has 0 radical (unpaired) electrons. The minimum Gasteiger partial charge on any atom is -0.489 e. The number of hydrogen-bond acceptors (Lipinski definition) is 6. The van der Waals surface area contributed by atoms with Crippen molar-refractivity contribution in [3.8, 4) is 5.75 Å². The molecule has 0 saturated heterocycles. The molecule has 0 saturated carbocycles. The highest BCUT2D eigenvalue weighted by atomic mass is 16.6. The lowest BCUT2D eigenvalue weighted by Crippen LogP contribution is -2.27. The molecule has 0 atom stereocenters. The number of ether oxygens (including phenoxy) is 2. The third-order valence-electron chi connectivity index (χ3n) is 4.89. The second kappa shape index (κ2) is 9.76. The van der Waals surface area contributed by atoms with Crippen LogP contribution in [0.4, 0.5) is 26.8 Å². The maximum Gasteiger partial charge on any atom is 0.435 e. The number of hydrogen-bond donors (Lipinski definition) is 3. The molecule has 4 N–H and O–H groups in total. The number of urea groups is 1. The Balaban J connectivity index is 1.38.